The van der Waals surface area contributed by atoms with E-state index in [-0.39, 0.29) is 0 Å². The van der Waals surface area contributed by atoms with Crippen LogP contribution in [0.3, 0.4) is 0 Å². The molecule has 0 aliphatic rings. The zero-order valence-electron chi connectivity index (χ0n) is 9.55. The first kappa shape index (κ1) is 11.4. The number of nitrogens with zero attached hydrogens (tertiary/aromatic N) is 4. The highest BCUT2D eigenvalue weighted by Gasteiger charge is 2.04. The summed E-state index contributed by atoms with van der Waals surface area (Å²) in [5, 5.41) is 19.6. The number of hydrogen-bond donors (Lipinski definition) is 1. The molecule has 0 aromatic carbocycles. The van der Waals surface area contributed by atoms with Gasteiger partial charge in [-0.2, -0.15) is 5.26 Å². The van der Waals surface area contributed by atoms with Crippen molar-refractivity contribution in [2.24, 2.45) is 0 Å². The SMILES string of the molecule is CCn1cnnc1CNCc1ccc(C#N)o1. The van der Waals surface area contributed by atoms with Gasteiger partial charge in [-0.25, -0.2) is 0 Å². The predicted octanol–water partition coefficient (Wildman–Crippen LogP) is 1.05. The van der Waals surface area contributed by atoms with Crippen LogP contribution in [-0.2, 0) is 19.6 Å². The van der Waals surface area contributed by atoms with E-state index >= 15 is 0 Å². The first-order chi connectivity index (χ1) is 8.33. The highest BCUT2D eigenvalue weighted by atomic mass is 16.3. The van der Waals surface area contributed by atoms with Gasteiger partial charge in [0.05, 0.1) is 13.1 Å². The molecule has 2 aromatic heterocycles. The second-order valence-electron chi connectivity index (χ2n) is 3.51. The average molecular weight is 231 g/mol. The van der Waals surface area contributed by atoms with Crippen molar-refractivity contribution in [3.63, 3.8) is 0 Å². The summed E-state index contributed by atoms with van der Waals surface area (Å²) in [6, 6.07) is 5.39. The molecule has 2 rings (SSSR count). The van der Waals surface area contributed by atoms with Crippen molar-refractivity contribution in [3.8, 4) is 6.07 Å². The van der Waals surface area contributed by atoms with Crippen molar-refractivity contribution in [2.45, 2.75) is 26.6 Å². The molecule has 88 valence electrons. The highest BCUT2D eigenvalue weighted by molar-refractivity contribution is 5.18. The molecule has 0 fully saturated rings. The molecule has 0 saturated heterocycles. The third-order valence-electron chi connectivity index (χ3n) is 2.39. The minimum absolute atomic E-state index is 0.332. The Hall–Kier alpha value is -2.13. The van der Waals surface area contributed by atoms with Crippen molar-refractivity contribution in [3.05, 3.63) is 35.8 Å². The number of nitrogens with one attached hydrogen (secondary N) is 1. The van der Waals surface area contributed by atoms with Crippen LogP contribution in [0.1, 0.15) is 24.3 Å². The van der Waals surface area contributed by atoms with Crippen LogP contribution in [-0.4, -0.2) is 14.8 Å². The molecular formula is C11H13N5O. The standard InChI is InChI=1S/C11H13N5O/c1-2-16-8-14-15-11(16)7-13-6-10-4-3-9(5-12)17-10/h3-4,8,13H,2,6-7H2,1H3. The lowest BCUT2D eigenvalue weighted by atomic mass is 10.4. The molecule has 0 amide bonds. The van der Waals surface area contributed by atoms with Crippen molar-refractivity contribution in [1.29, 1.82) is 5.26 Å². The summed E-state index contributed by atoms with van der Waals surface area (Å²) >= 11 is 0. The van der Waals surface area contributed by atoms with E-state index in [1.54, 1.807) is 18.5 Å². The lowest BCUT2D eigenvalue weighted by Gasteiger charge is -2.03. The van der Waals surface area contributed by atoms with Crippen molar-refractivity contribution in [2.75, 3.05) is 0 Å². The van der Waals surface area contributed by atoms with E-state index in [9.17, 15) is 0 Å². The maximum atomic E-state index is 8.61. The minimum atomic E-state index is 0.332. The van der Waals surface area contributed by atoms with Crippen LogP contribution in [0.25, 0.3) is 0 Å². The van der Waals surface area contributed by atoms with Crippen LogP contribution in [0.5, 0.6) is 0 Å². The molecule has 1 N–H and O–H groups in total. The van der Waals surface area contributed by atoms with Crippen LogP contribution in [0.15, 0.2) is 22.9 Å². The van der Waals surface area contributed by atoms with E-state index in [4.69, 9.17) is 9.68 Å². The number of nitriles is 1. The summed E-state index contributed by atoms with van der Waals surface area (Å²) < 4.78 is 7.21. The van der Waals surface area contributed by atoms with Gasteiger partial charge in [-0.1, -0.05) is 0 Å². The van der Waals surface area contributed by atoms with E-state index in [0.29, 0.717) is 18.8 Å². The summed E-state index contributed by atoms with van der Waals surface area (Å²) in [5.74, 6) is 1.96. The summed E-state index contributed by atoms with van der Waals surface area (Å²) in [7, 11) is 0. The van der Waals surface area contributed by atoms with Crippen molar-refractivity contribution < 1.29 is 4.42 Å². The molecule has 6 nitrogen and oxygen atoms in total. The number of furan rings is 1. The van der Waals surface area contributed by atoms with Crippen molar-refractivity contribution >= 4 is 0 Å². The first-order valence-corrected chi connectivity index (χ1v) is 5.39. The van der Waals surface area contributed by atoms with Crippen LogP contribution in [0, 0.1) is 11.3 Å². The second kappa shape index (κ2) is 5.27. The van der Waals surface area contributed by atoms with Gasteiger partial charge in [-0.15, -0.1) is 10.2 Å². The maximum absolute atomic E-state index is 8.61. The summed E-state index contributed by atoms with van der Waals surface area (Å²) in [4.78, 5) is 0. The zero-order valence-corrected chi connectivity index (χ0v) is 9.55. The fraction of sp³-hybridized carbons (Fsp3) is 0.364. The Kier molecular flexibility index (Phi) is 3.52. The van der Waals surface area contributed by atoms with Crippen LogP contribution in [0.4, 0.5) is 0 Å². The van der Waals surface area contributed by atoms with Crippen LogP contribution >= 0.6 is 0 Å². The van der Waals surface area contributed by atoms with Crippen LogP contribution in [0.2, 0.25) is 0 Å². The van der Waals surface area contributed by atoms with Gasteiger partial charge in [-0.3, -0.25) is 0 Å². The molecule has 0 bridgehead atoms. The van der Waals surface area contributed by atoms with E-state index < -0.39 is 0 Å². The fourth-order valence-corrected chi connectivity index (χ4v) is 1.51. The lowest BCUT2D eigenvalue weighted by Crippen LogP contribution is -2.16. The highest BCUT2D eigenvalue weighted by Crippen LogP contribution is 2.06. The molecule has 17 heavy (non-hydrogen) atoms. The van der Waals surface area contributed by atoms with E-state index in [2.05, 4.69) is 15.5 Å². The van der Waals surface area contributed by atoms with Gasteiger partial charge in [0.25, 0.3) is 0 Å². The number of aromatic nitrogens is 3. The van der Waals surface area contributed by atoms with E-state index in [0.717, 1.165) is 18.1 Å². The lowest BCUT2D eigenvalue weighted by molar-refractivity contribution is 0.468. The molecule has 0 spiro atoms. The molecule has 2 aromatic rings. The van der Waals surface area contributed by atoms with Gasteiger partial charge >= 0.3 is 0 Å². The molecule has 0 atom stereocenters. The van der Waals surface area contributed by atoms with E-state index in [1.165, 1.54) is 0 Å². The van der Waals surface area contributed by atoms with Gasteiger partial charge in [-0.05, 0) is 19.1 Å². The Bertz CT molecular complexity index is 522. The third-order valence-corrected chi connectivity index (χ3v) is 2.39. The molecule has 0 unspecified atom stereocenters. The van der Waals surface area contributed by atoms with E-state index in [1.807, 2.05) is 17.6 Å². The zero-order chi connectivity index (χ0) is 12.1. The first-order valence-electron chi connectivity index (χ1n) is 5.39. The Morgan fingerprint density at radius 1 is 1.47 bits per heavy atom. The molecular weight excluding hydrogens is 218 g/mol. The summed E-state index contributed by atoms with van der Waals surface area (Å²) in [6.45, 7) is 4.08. The van der Waals surface area contributed by atoms with Crippen LogP contribution < -0.4 is 5.32 Å². The average Bonchev–Trinajstić information content (AvgIpc) is 2.97. The Labute approximate surface area is 98.9 Å². The maximum Gasteiger partial charge on any atom is 0.203 e. The Morgan fingerprint density at radius 2 is 2.35 bits per heavy atom. The molecule has 0 aliphatic heterocycles. The Balaban J connectivity index is 1.85. The Morgan fingerprint density at radius 3 is 3.06 bits per heavy atom. The normalized spacial score (nSPS) is 10.4. The van der Waals surface area contributed by atoms with Gasteiger partial charge in [0, 0.05) is 6.54 Å². The smallest absolute Gasteiger partial charge is 0.203 e. The largest absolute Gasteiger partial charge is 0.449 e. The quantitative estimate of drug-likeness (QED) is 0.832. The summed E-state index contributed by atoms with van der Waals surface area (Å²) in [6.07, 6.45) is 1.71. The second-order valence-corrected chi connectivity index (χ2v) is 3.51. The minimum Gasteiger partial charge on any atom is -0.449 e. The third kappa shape index (κ3) is 2.71. The van der Waals surface area contributed by atoms with Gasteiger partial charge in [0.15, 0.2) is 0 Å². The monoisotopic (exact) mass is 231 g/mol. The van der Waals surface area contributed by atoms with Crippen molar-refractivity contribution in [1.82, 2.24) is 20.1 Å². The molecule has 0 radical (unpaired) electrons. The molecule has 2 heterocycles. The molecule has 0 saturated carbocycles. The predicted molar refractivity (Wildman–Crippen MR) is 59.7 cm³/mol. The molecule has 0 aliphatic carbocycles. The number of rotatable bonds is 5. The fourth-order valence-electron chi connectivity index (χ4n) is 1.51. The topological polar surface area (TPSA) is 79.7 Å². The van der Waals surface area contributed by atoms with Gasteiger partial charge in [0.1, 0.15) is 24.0 Å². The number of aryl methyl sites for hydroxylation is 1. The van der Waals surface area contributed by atoms with Gasteiger partial charge in [0.2, 0.25) is 5.76 Å². The summed E-state index contributed by atoms with van der Waals surface area (Å²) in [5.41, 5.74) is 0. The number of hydrogen-bond acceptors (Lipinski definition) is 5. The molecule has 6 heteroatoms. The van der Waals surface area contributed by atoms with Gasteiger partial charge < -0.3 is 14.3 Å².